The molecule has 0 fully saturated rings. The van der Waals surface area contributed by atoms with Crippen LogP contribution in [0.3, 0.4) is 0 Å². The predicted octanol–water partition coefficient (Wildman–Crippen LogP) is 3.38. The van der Waals surface area contributed by atoms with Crippen LogP contribution in [0.25, 0.3) is 11.1 Å². The lowest BCUT2D eigenvalue weighted by atomic mass is 10.0. The van der Waals surface area contributed by atoms with Crippen molar-refractivity contribution in [2.75, 3.05) is 0 Å². The molecule has 0 radical (unpaired) electrons. The largest absolute Gasteiger partial charge is 0.205 e. The first-order valence-corrected chi connectivity index (χ1v) is 5.26. The summed E-state index contributed by atoms with van der Waals surface area (Å²) in [7, 11) is 0. The highest BCUT2D eigenvalue weighted by molar-refractivity contribution is 7.54. The average molecular weight is 215 g/mol. The highest BCUT2D eigenvalue weighted by atomic mass is 32.1. The van der Waals surface area contributed by atoms with Crippen LogP contribution in [0.1, 0.15) is 0 Å². The van der Waals surface area contributed by atoms with Gasteiger partial charge in [-0.2, -0.15) is 8.57 Å². The molecule has 0 aromatic heterocycles. The molecule has 0 amide bonds. The maximum Gasteiger partial charge on any atom is 0.205 e. The van der Waals surface area contributed by atoms with E-state index in [4.69, 9.17) is 0 Å². The van der Waals surface area contributed by atoms with Gasteiger partial charge in [-0.25, -0.2) is 0 Å². The van der Waals surface area contributed by atoms with Crippen molar-refractivity contribution in [3.8, 4) is 11.1 Å². The Morgan fingerprint density at radius 2 is 1.53 bits per heavy atom. The molecular formula is C12H9NOS. The van der Waals surface area contributed by atoms with Crippen LogP contribution in [-0.2, 0) is 11.5 Å². The summed E-state index contributed by atoms with van der Waals surface area (Å²) in [5, 5.41) is 0. The van der Waals surface area contributed by atoms with Crippen molar-refractivity contribution in [1.29, 1.82) is 0 Å². The highest BCUT2D eigenvalue weighted by Crippen LogP contribution is 2.29. The smallest absolute Gasteiger partial charge is 0.191 e. The molecule has 15 heavy (non-hydrogen) atoms. The highest BCUT2D eigenvalue weighted by Gasteiger charge is 2.01. The van der Waals surface area contributed by atoms with Gasteiger partial charge in [-0.3, -0.25) is 0 Å². The Bertz CT molecular complexity index is 504. The Labute approximate surface area is 91.8 Å². The molecule has 0 aliphatic heterocycles. The number of rotatable bonds is 2. The molecule has 3 heteroatoms. The van der Waals surface area contributed by atoms with Gasteiger partial charge in [0.1, 0.15) is 0 Å². The van der Waals surface area contributed by atoms with Crippen molar-refractivity contribution >= 4 is 17.2 Å². The van der Waals surface area contributed by atoms with E-state index in [9.17, 15) is 4.21 Å². The minimum atomic E-state index is 0.239. The zero-order valence-corrected chi connectivity index (χ0v) is 8.78. The minimum absolute atomic E-state index is 0.239. The van der Waals surface area contributed by atoms with Gasteiger partial charge in [0.2, 0.25) is 11.5 Å². The van der Waals surface area contributed by atoms with E-state index < -0.39 is 0 Å². The summed E-state index contributed by atoms with van der Waals surface area (Å²) in [6.45, 7) is 0. The third kappa shape index (κ3) is 2.19. The molecule has 2 aromatic rings. The molecule has 0 heterocycles. The predicted molar refractivity (Wildman–Crippen MR) is 62.1 cm³/mol. The third-order valence-corrected chi connectivity index (χ3v) is 2.40. The molecule has 2 aromatic carbocycles. The van der Waals surface area contributed by atoms with E-state index in [1.165, 1.54) is 0 Å². The minimum Gasteiger partial charge on any atom is -0.191 e. The van der Waals surface area contributed by atoms with Crippen molar-refractivity contribution in [3.63, 3.8) is 0 Å². The van der Waals surface area contributed by atoms with Gasteiger partial charge < -0.3 is 0 Å². The molecule has 74 valence electrons. The zero-order valence-electron chi connectivity index (χ0n) is 7.96. The fraction of sp³-hybridized carbons (Fsp3) is 0. The van der Waals surface area contributed by atoms with Gasteiger partial charge in [-0.15, -0.1) is 0 Å². The SMILES string of the molecule is O=S=Nc1ccccc1-c1ccccc1. The lowest BCUT2D eigenvalue weighted by Crippen LogP contribution is -1.77. The molecule has 2 nitrogen and oxygen atoms in total. The number of hydrogen-bond acceptors (Lipinski definition) is 2. The van der Waals surface area contributed by atoms with Crippen LogP contribution in [0.15, 0.2) is 59.0 Å². The quantitative estimate of drug-likeness (QED) is 0.755. The normalized spacial score (nSPS) is 9.60. The Morgan fingerprint density at radius 1 is 0.867 bits per heavy atom. The summed E-state index contributed by atoms with van der Waals surface area (Å²) >= 11 is 0.239. The number of hydrogen-bond donors (Lipinski definition) is 0. The molecule has 0 aliphatic carbocycles. The molecule has 0 aliphatic rings. The van der Waals surface area contributed by atoms with E-state index in [2.05, 4.69) is 4.36 Å². The summed E-state index contributed by atoms with van der Waals surface area (Å²) in [5.74, 6) is 0. The van der Waals surface area contributed by atoms with Crippen LogP contribution in [0.4, 0.5) is 5.69 Å². The van der Waals surface area contributed by atoms with Gasteiger partial charge in [0, 0.05) is 5.56 Å². The van der Waals surface area contributed by atoms with Crippen molar-refractivity contribution in [2.24, 2.45) is 4.36 Å². The summed E-state index contributed by atoms with van der Waals surface area (Å²) in [6.07, 6.45) is 0. The molecule has 0 saturated carbocycles. The second-order valence-electron chi connectivity index (χ2n) is 3.05. The van der Waals surface area contributed by atoms with Crippen LogP contribution in [0.5, 0.6) is 0 Å². The standard InChI is InChI=1S/C12H9NOS/c14-15-13-12-9-5-4-8-11(12)10-6-2-1-3-7-10/h1-9H. The molecule has 0 N–H and O–H groups in total. The van der Waals surface area contributed by atoms with E-state index in [0.717, 1.165) is 16.8 Å². The Kier molecular flexibility index (Phi) is 3.05. The zero-order chi connectivity index (χ0) is 10.5. The van der Waals surface area contributed by atoms with E-state index in [-0.39, 0.29) is 11.5 Å². The van der Waals surface area contributed by atoms with Gasteiger partial charge in [0.25, 0.3) is 0 Å². The van der Waals surface area contributed by atoms with E-state index >= 15 is 0 Å². The Hall–Kier alpha value is -1.74. The fourth-order valence-electron chi connectivity index (χ4n) is 1.46. The van der Waals surface area contributed by atoms with Crippen molar-refractivity contribution in [3.05, 3.63) is 54.6 Å². The summed E-state index contributed by atoms with van der Waals surface area (Å²) in [4.78, 5) is 0. The average Bonchev–Trinajstić information content (AvgIpc) is 2.31. The molecule has 0 unspecified atom stereocenters. The second-order valence-corrected chi connectivity index (χ2v) is 3.38. The first-order valence-electron chi connectivity index (χ1n) is 4.56. The number of benzene rings is 2. The van der Waals surface area contributed by atoms with Crippen molar-refractivity contribution < 1.29 is 4.21 Å². The maximum absolute atomic E-state index is 10.4. The van der Waals surface area contributed by atoms with Gasteiger partial charge >= 0.3 is 0 Å². The van der Waals surface area contributed by atoms with Crippen LogP contribution in [0.2, 0.25) is 0 Å². The van der Waals surface area contributed by atoms with E-state index in [1.807, 2.05) is 54.6 Å². The first-order chi connectivity index (χ1) is 7.42. The molecule has 0 spiro atoms. The summed E-state index contributed by atoms with van der Waals surface area (Å²) in [5.41, 5.74) is 2.79. The summed E-state index contributed by atoms with van der Waals surface area (Å²) < 4.78 is 14.3. The first kappa shape index (κ1) is 9.80. The van der Waals surface area contributed by atoms with Crippen molar-refractivity contribution in [1.82, 2.24) is 0 Å². The van der Waals surface area contributed by atoms with Crippen molar-refractivity contribution in [2.45, 2.75) is 0 Å². The fourth-order valence-corrected chi connectivity index (χ4v) is 1.69. The number of nitrogens with zero attached hydrogens (tertiary/aromatic N) is 1. The van der Waals surface area contributed by atoms with Crippen LogP contribution in [-0.4, -0.2) is 4.21 Å². The van der Waals surface area contributed by atoms with Crippen LogP contribution >= 0.6 is 0 Å². The molecule has 0 saturated heterocycles. The van der Waals surface area contributed by atoms with Gasteiger partial charge in [-0.05, 0) is 11.6 Å². The maximum atomic E-state index is 10.4. The van der Waals surface area contributed by atoms with Gasteiger partial charge in [0.05, 0.1) is 5.69 Å². The Morgan fingerprint density at radius 3 is 2.27 bits per heavy atom. The summed E-state index contributed by atoms with van der Waals surface area (Å²) in [6, 6.07) is 17.5. The lowest BCUT2D eigenvalue weighted by Gasteiger charge is -2.03. The topological polar surface area (TPSA) is 29.4 Å². The van der Waals surface area contributed by atoms with Crippen LogP contribution in [0, 0.1) is 0 Å². The molecule has 0 bridgehead atoms. The second kappa shape index (κ2) is 4.66. The molecular weight excluding hydrogens is 206 g/mol. The monoisotopic (exact) mass is 215 g/mol. The lowest BCUT2D eigenvalue weighted by molar-refractivity contribution is 0.698. The third-order valence-electron chi connectivity index (χ3n) is 2.12. The van der Waals surface area contributed by atoms with Gasteiger partial charge in [-0.1, -0.05) is 48.5 Å². The molecule has 2 rings (SSSR count). The van der Waals surface area contributed by atoms with E-state index in [1.54, 1.807) is 0 Å². The van der Waals surface area contributed by atoms with Gasteiger partial charge in [0.15, 0.2) is 0 Å². The Balaban J connectivity index is 2.58. The van der Waals surface area contributed by atoms with E-state index in [0.29, 0.717) is 0 Å². The van der Waals surface area contributed by atoms with Crippen LogP contribution < -0.4 is 0 Å². The molecule has 0 atom stereocenters.